The fourth-order valence-electron chi connectivity index (χ4n) is 3.83. The molecule has 4 nitrogen and oxygen atoms in total. The van der Waals surface area contributed by atoms with Crippen molar-refractivity contribution in [1.82, 2.24) is 9.47 Å². The maximum atomic E-state index is 12.1. The molecule has 1 saturated heterocycles. The molecule has 3 heterocycles. The minimum absolute atomic E-state index is 0.116. The summed E-state index contributed by atoms with van der Waals surface area (Å²) in [6.45, 7) is 2.55. The van der Waals surface area contributed by atoms with E-state index in [0.29, 0.717) is 11.8 Å². The van der Waals surface area contributed by atoms with Crippen molar-refractivity contribution >= 4 is 38.9 Å². The lowest BCUT2D eigenvalue weighted by molar-refractivity contribution is 0.180. The Bertz CT molecular complexity index is 850. The number of benzene rings is 1. The molecule has 2 atom stereocenters. The number of nitrogens with one attached hydrogen (secondary N) is 1. The van der Waals surface area contributed by atoms with Gasteiger partial charge in [0.2, 0.25) is 0 Å². The zero-order valence-electron chi connectivity index (χ0n) is 13.1. The highest BCUT2D eigenvalue weighted by Crippen LogP contribution is 2.35. The number of hydrogen-bond donors (Lipinski definition) is 1. The lowest BCUT2D eigenvalue weighted by Gasteiger charge is -2.43. The summed E-state index contributed by atoms with van der Waals surface area (Å²) in [5.41, 5.74) is 2.25. The molecule has 24 heavy (non-hydrogen) atoms. The first-order valence-electron chi connectivity index (χ1n) is 8.11. The van der Waals surface area contributed by atoms with Crippen molar-refractivity contribution < 1.29 is 0 Å². The Morgan fingerprint density at radius 3 is 2.83 bits per heavy atom. The van der Waals surface area contributed by atoms with E-state index in [1.807, 2.05) is 34.9 Å². The Kier molecular flexibility index (Phi) is 4.18. The van der Waals surface area contributed by atoms with E-state index in [-0.39, 0.29) is 5.56 Å². The maximum absolute atomic E-state index is 12.1. The SMILES string of the molecule is O=c1cccc2n1C[C@H]1C[C@@H]2CN(C(=S)Nc2cccc(Br)c2)C1. The number of halogens is 1. The number of aromatic nitrogens is 1. The average Bonchev–Trinajstić information content (AvgIpc) is 2.56. The Balaban J connectivity index is 1.53. The van der Waals surface area contributed by atoms with E-state index in [1.54, 1.807) is 6.07 Å². The fourth-order valence-corrected chi connectivity index (χ4v) is 4.50. The van der Waals surface area contributed by atoms with Crippen LogP contribution in [-0.4, -0.2) is 27.7 Å². The number of piperidine rings is 1. The summed E-state index contributed by atoms with van der Waals surface area (Å²) in [4.78, 5) is 14.3. The quantitative estimate of drug-likeness (QED) is 0.740. The van der Waals surface area contributed by atoms with Crippen LogP contribution in [-0.2, 0) is 6.54 Å². The molecule has 1 N–H and O–H groups in total. The molecule has 0 radical (unpaired) electrons. The first-order valence-corrected chi connectivity index (χ1v) is 9.31. The normalized spacial score (nSPS) is 22.0. The molecule has 2 bridgehead atoms. The second-order valence-corrected chi connectivity index (χ2v) is 7.85. The van der Waals surface area contributed by atoms with E-state index in [4.69, 9.17) is 12.2 Å². The predicted molar refractivity (Wildman–Crippen MR) is 103 cm³/mol. The number of fused-ring (bicyclic) bond motifs is 4. The third kappa shape index (κ3) is 3.00. The summed E-state index contributed by atoms with van der Waals surface area (Å²) >= 11 is 9.12. The van der Waals surface area contributed by atoms with Gasteiger partial charge in [-0.1, -0.05) is 28.1 Å². The van der Waals surface area contributed by atoms with Gasteiger partial charge in [-0.3, -0.25) is 4.79 Å². The second kappa shape index (κ2) is 6.33. The van der Waals surface area contributed by atoms with Gasteiger partial charge in [-0.25, -0.2) is 0 Å². The molecule has 0 unspecified atom stereocenters. The zero-order valence-corrected chi connectivity index (χ0v) is 15.5. The van der Waals surface area contributed by atoms with Gasteiger partial charge in [-0.05, 0) is 48.8 Å². The van der Waals surface area contributed by atoms with E-state index in [1.165, 1.54) is 0 Å². The molecule has 1 fully saturated rings. The molecule has 0 saturated carbocycles. The summed E-state index contributed by atoms with van der Waals surface area (Å²) in [7, 11) is 0. The van der Waals surface area contributed by atoms with Crippen molar-refractivity contribution in [3.63, 3.8) is 0 Å². The molecular weight excluding hydrogens is 386 g/mol. The number of anilines is 1. The third-order valence-electron chi connectivity index (χ3n) is 4.84. The molecule has 124 valence electrons. The molecule has 6 heteroatoms. The van der Waals surface area contributed by atoms with E-state index in [2.05, 4.69) is 32.2 Å². The first kappa shape index (κ1) is 15.8. The largest absolute Gasteiger partial charge is 0.348 e. The maximum Gasteiger partial charge on any atom is 0.250 e. The van der Waals surface area contributed by atoms with Gasteiger partial charge in [-0.15, -0.1) is 0 Å². The number of hydrogen-bond acceptors (Lipinski definition) is 2. The van der Waals surface area contributed by atoms with Crippen LogP contribution < -0.4 is 10.9 Å². The van der Waals surface area contributed by atoms with Gasteiger partial charge in [0, 0.05) is 47.5 Å². The van der Waals surface area contributed by atoms with Crippen LogP contribution in [0.5, 0.6) is 0 Å². The molecule has 2 aliphatic rings. The fraction of sp³-hybridized carbons (Fsp3) is 0.333. The summed E-state index contributed by atoms with van der Waals surface area (Å²) in [5, 5.41) is 4.09. The Labute approximate surface area is 154 Å². The molecule has 4 rings (SSSR count). The van der Waals surface area contributed by atoms with Crippen LogP contribution in [0.3, 0.4) is 0 Å². The smallest absolute Gasteiger partial charge is 0.250 e. The Hall–Kier alpha value is -1.66. The van der Waals surface area contributed by atoms with E-state index < -0.39 is 0 Å². The monoisotopic (exact) mass is 403 g/mol. The van der Waals surface area contributed by atoms with Gasteiger partial charge in [-0.2, -0.15) is 0 Å². The molecule has 1 aromatic carbocycles. The van der Waals surface area contributed by atoms with E-state index in [0.717, 1.165) is 47.0 Å². The van der Waals surface area contributed by atoms with E-state index in [9.17, 15) is 4.79 Å². The van der Waals surface area contributed by atoms with Gasteiger partial charge in [0.25, 0.3) is 5.56 Å². The highest BCUT2D eigenvalue weighted by molar-refractivity contribution is 9.10. The lowest BCUT2D eigenvalue weighted by atomic mass is 9.83. The number of pyridine rings is 1. The summed E-state index contributed by atoms with van der Waals surface area (Å²) < 4.78 is 2.97. The molecule has 0 spiro atoms. The Morgan fingerprint density at radius 1 is 1.17 bits per heavy atom. The predicted octanol–water partition coefficient (Wildman–Crippen LogP) is 3.43. The summed E-state index contributed by atoms with van der Waals surface area (Å²) in [6.07, 6.45) is 1.14. The topological polar surface area (TPSA) is 37.3 Å². The highest BCUT2D eigenvalue weighted by Gasteiger charge is 2.35. The second-order valence-electron chi connectivity index (χ2n) is 6.54. The lowest BCUT2D eigenvalue weighted by Crippen LogP contribution is -2.50. The molecule has 2 aliphatic heterocycles. The van der Waals surface area contributed by atoms with Crippen molar-refractivity contribution in [3.05, 3.63) is 63.0 Å². The third-order valence-corrected chi connectivity index (χ3v) is 5.70. The molecule has 1 aromatic heterocycles. The number of nitrogens with zero attached hydrogens (tertiary/aromatic N) is 2. The van der Waals surface area contributed by atoms with Crippen LogP contribution >= 0.6 is 28.1 Å². The van der Waals surface area contributed by atoms with Crippen LogP contribution in [0.2, 0.25) is 0 Å². The zero-order chi connectivity index (χ0) is 16.7. The van der Waals surface area contributed by atoms with E-state index >= 15 is 0 Å². The molecule has 0 aliphatic carbocycles. The average molecular weight is 404 g/mol. The van der Waals surface area contributed by atoms with Crippen LogP contribution in [0, 0.1) is 5.92 Å². The van der Waals surface area contributed by atoms with Crippen molar-refractivity contribution in [2.24, 2.45) is 5.92 Å². The number of thiocarbonyl (C=S) groups is 1. The summed E-state index contributed by atoms with van der Waals surface area (Å²) in [6, 6.07) is 13.6. The van der Waals surface area contributed by atoms with Crippen LogP contribution in [0.25, 0.3) is 0 Å². The van der Waals surface area contributed by atoms with Crippen LogP contribution in [0.1, 0.15) is 18.0 Å². The van der Waals surface area contributed by atoms with Gasteiger partial charge in [0.05, 0.1) is 0 Å². The number of rotatable bonds is 1. The minimum Gasteiger partial charge on any atom is -0.348 e. The van der Waals surface area contributed by atoms with Crippen molar-refractivity contribution in [1.29, 1.82) is 0 Å². The molecular formula is C18H18BrN3OS. The van der Waals surface area contributed by atoms with Crippen molar-refractivity contribution in [3.8, 4) is 0 Å². The number of likely N-dealkylation sites (tertiary alicyclic amines) is 1. The Morgan fingerprint density at radius 2 is 2.00 bits per heavy atom. The van der Waals surface area contributed by atoms with Gasteiger partial charge >= 0.3 is 0 Å². The van der Waals surface area contributed by atoms with Gasteiger partial charge in [0.1, 0.15) is 0 Å². The minimum atomic E-state index is 0.116. The van der Waals surface area contributed by atoms with Crippen molar-refractivity contribution in [2.45, 2.75) is 18.9 Å². The van der Waals surface area contributed by atoms with Crippen LogP contribution in [0.15, 0.2) is 51.7 Å². The van der Waals surface area contributed by atoms with Gasteiger partial charge in [0.15, 0.2) is 5.11 Å². The van der Waals surface area contributed by atoms with Crippen molar-refractivity contribution in [2.75, 3.05) is 18.4 Å². The molecule has 0 amide bonds. The van der Waals surface area contributed by atoms with Crippen LogP contribution in [0.4, 0.5) is 5.69 Å². The standard InChI is InChI=1S/C18H18BrN3OS/c19-14-3-1-4-15(8-14)20-18(24)21-9-12-7-13(11-21)16-5-2-6-17(23)22(16)10-12/h1-6,8,12-13H,7,9-11H2,(H,20,24)/t12-,13+/m0/s1. The highest BCUT2D eigenvalue weighted by atomic mass is 79.9. The first-order chi connectivity index (χ1) is 11.6. The van der Waals surface area contributed by atoms with Gasteiger partial charge < -0.3 is 14.8 Å². The molecule has 2 aromatic rings. The summed E-state index contributed by atoms with van der Waals surface area (Å²) in [5.74, 6) is 0.840.